The van der Waals surface area contributed by atoms with Crippen LogP contribution in [0.15, 0.2) is 54.7 Å². The average Bonchev–Trinajstić information content (AvgIpc) is 3.28. The van der Waals surface area contributed by atoms with Crippen molar-refractivity contribution in [3.63, 3.8) is 0 Å². The Morgan fingerprint density at radius 1 is 1.11 bits per heavy atom. The van der Waals surface area contributed by atoms with Crippen LogP contribution >= 0.6 is 0 Å². The summed E-state index contributed by atoms with van der Waals surface area (Å²) in [4.78, 5) is 37.1. The lowest BCUT2D eigenvalue weighted by Gasteiger charge is -2.21. The molecule has 35 heavy (non-hydrogen) atoms. The summed E-state index contributed by atoms with van der Waals surface area (Å²) in [5.74, 6) is -0.627. The third-order valence-electron chi connectivity index (χ3n) is 6.50. The molecule has 0 unspecified atom stereocenters. The zero-order chi connectivity index (χ0) is 24.5. The van der Waals surface area contributed by atoms with Crippen LogP contribution < -0.4 is 0 Å². The van der Waals surface area contributed by atoms with Gasteiger partial charge in [0.2, 0.25) is 5.91 Å². The van der Waals surface area contributed by atoms with Crippen LogP contribution in [0.2, 0.25) is 0 Å². The van der Waals surface area contributed by atoms with Crippen LogP contribution in [-0.2, 0) is 24.3 Å². The second-order valence-corrected chi connectivity index (χ2v) is 8.93. The number of hydrogen-bond acceptors (Lipinski definition) is 6. The minimum Gasteiger partial charge on any atom is -0.334 e. The highest BCUT2D eigenvalue weighted by atomic mass is 19.1. The molecule has 1 amide bonds. The average molecular weight is 474 g/mol. The van der Waals surface area contributed by atoms with Gasteiger partial charge in [0.05, 0.1) is 22.7 Å². The summed E-state index contributed by atoms with van der Waals surface area (Å²) in [6.07, 6.45) is 4.75. The van der Waals surface area contributed by atoms with E-state index in [2.05, 4.69) is 34.1 Å². The molecule has 0 spiro atoms. The summed E-state index contributed by atoms with van der Waals surface area (Å²) in [6, 6.07) is 10.6. The smallest absolute Gasteiger partial charge is 0.291 e. The summed E-state index contributed by atoms with van der Waals surface area (Å²) in [7, 11) is 2.08. The lowest BCUT2D eigenvalue weighted by molar-refractivity contribution is -0.385. The van der Waals surface area contributed by atoms with Crippen LogP contribution in [-0.4, -0.2) is 50.7 Å². The van der Waals surface area contributed by atoms with E-state index >= 15 is 0 Å². The largest absolute Gasteiger partial charge is 0.334 e. The fourth-order valence-electron chi connectivity index (χ4n) is 4.46. The molecule has 5 rings (SSSR count). The molecule has 0 saturated heterocycles. The topological polar surface area (TPSA) is 92.5 Å². The molecule has 0 N–H and O–H groups in total. The number of aromatic nitrogens is 2. The first-order valence-corrected chi connectivity index (χ1v) is 11.4. The van der Waals surface area contributed by atoms with Gasteiger partial charge in [0, 0.05) is 44.0 Å². The van der Waals surface area contributed by atoms with Crippen molar-refractivity contribution in [3.8, 4) is 11.3 Å². The van der Waals surface area contributed by atoms with Crippen molar-refractivity contribution in [2.75, 3.05) is 20.1 Å². The summed E-state index contributed by atoms with van der Waals surface area (Å²) < 4.78 is 13.3. The Bertz CT molecular complexity index is 1340. The molecular weight excluding hydrogens is 449 g/mol. The second kappa shape index (κ2) is 9.34. The Morgan fingerprint density at radius 3 is 2.60 bits per heavy atom. The second-order valence-electron chi connectivity index (χ2n) is 8.93. The number of fused-ring (bicyclic) bond motifs is 1. The number of nitro groups is 1. The number of carbonyl (C=O) groups excluding carboxylic acids is 1. The number of hydrogen-bond donors (Lipinski definition) is 0. The quantitative estimate of drug-likeness (QED) is 0.411. The minimum atomic E-state index is -0.533. The Kier molecular flexibility index (Phi) is 6.08. The molecule has 2 aromatic heterocycles. The Balaban J connectivity index is 1.34. The molecular formula is C26H24FN5O3. The van der Waals surface area contributed by atoms with Crippen LogP contribution in [0.3, 0.4) is 0 Å². The summed E-state index contributed by atoms with van der Waals surface area (Å²) >= 11 is 0. The molecule has 9 heteroatoms. The Morgan fingerprint density at radius 2 is 1.89 bits per heavy atom. The van der Waals surface area contributed by atoms with Gasteiger partial charge in [0.25, 0.3) is 5.69 Å². The van der Waals surface area contributed by atoms with Crippen molar-refractivity contribution in [1.29, 1.82) is 0 Å². The van der Waals surface area contributed by atoms with E-state index in [1.807, 2.05) is 6.20 Å². The number of carbonyl (C=O) groups is 1. The molecule has 0 fully saturated rings. The highest BCUT2D eigenvalue weighted by molar-refractivity contribution is 5.80. The van der Waals surface area contributed by atoms with Gasteiger partial charge in [-0.25, -0.2) is 9.37 Å². The molecule has 1 aromatic carbocycles. The third-order valence-corrected chi connectivity index (χ3v) is 6.50. The summed E-state index contributed by atoms with van der Waals surface area (Å²) in [6.45, 7) is 2.72. The van der Waals surface area contributed by atoms with Crippen LogP contribution in [0.4, 0.5) is 10.1 Å². The van der Waals surface area contributed by atoms with Crippen LogP contribution in [0, 0.1) is 15.9 Å². The molecule has 0 aliphatic carbocycles. The zero-order valence-corrected chi connectivity index (χ0v) is 19.3. The van der Waals surface area contributed by atoms with E-state index < -0.39 is 4.92 Å². The van der Waals surface area contributed by atoms with Gasteiger partial charge in [-0.3, -0.25) is 19.9 Å². The SMILES string of the molecule is CN1CC=C(c2cc3c(cn2)CN(C(=O)Cc2nc(-c4ccc(F)cc4)ccc2[N+](=O)[O-])C3)CC1. The maximum atomic E-state index is 13.3. The predicted octanol–water partition coefficient (Wildman–Crippen LogP) is 3.99. The van der Waals surface area contributed by atoms with E-state index in [0.717, 1.165) is 36.3 Å². The van der Waals surface area contributed by atoms with Crippen LogP contribution in [0.5, 0.6) is 0 Å². The molecule has 0 radical (unpaired) electrons. The van der Waals surface area contributed by atoms with Crippen molar-refractivity contribution in [2.24, 2.45) is 0 Å². The number of nitrogens with zero attached hydrogens (tertiary/aromatic N) is 5. The number of amides is 1. The van der Waals surface area contributed by atoms with E-state index in [4.69, 9.17) is 0 Å². The maximum Gasteiger partial charge on any atom is 0.291 e. The molecule has 2 aliphatic rings. The Hall–Kier alpha value is -3.98. The maximum absolute atomic E-state index is 13.3. The third kappa shape index (κ3) is 4.81. The lowest BCUT2D eigenvalue weighted by Crippen LogP contribution is -2.27. The molecule has 4 heterocycles. The van der Waals surface area contributed by atoms with Crippen molar-refractivity contribution in [2.45, 2.75) is 25.9 Å². The molecule has 3 aromatic rings. The fourth-order valence-corrected chi connectivity index (χ4v) is 4.46. The monoisotopic (exact) mass is 473 g/mol. The number of likely N-dealkylation sites (N-methyl/N-ethyl adjacent to an activating group) is 1. The number of pyridine rings is 2. The van der Waals surface area contributed by atoms with E-state index in [0.29, 0.717) is 24.3 Å². The van der Waals surface area contributed by atoms with Gasteiger partial charge in [-0.15, -0.1) is 0 Å². The van der Waals surface area contributed by atoms with Gasteiger partial charge in [-0.2, -0.15) is 0 Å². The first-order chi connectivity index (χ1) is 16.9. The fraction of sp³-hybridized carbons (Fsp3) is 0.269. The molecule has 8 nitrogen and oxygen atoms in total. The molecule has 0 bridgehead atoms. The summed E-state index contributed by atoms with van der Waals surface area (Å²) in [5.41, 5.74) is 5.13. The van der Waals surface area contributed by atoms with E-state index in [1.165, 1.54) is 29.8 Å². The summed E-state index contributed by atoms with van der Waals surface area (Å²) in [5, 5.41) is 11.6. The van der Waals surface area contributed by atoms with Gasteiger partial charge in [-0.05, 0) is 66.6 Å². The molecule has 2 aliphatic heterocycles. The highest BCUT2D eigenvalue weighted by Gasteiger charge is 2.27. The van der Waals surface area contributed by atoms with Crippen molar-refractivity contribution in [3.05, 3.63) is 93.2 Å². The van der Waals surface area contributed by atoms with E-state index in [9.17, 15) is 19.3 Å². The minimum absolute atomic E-state index is 0.0908. The first kappa shape index (κ1) is 22.8. The number of rotatable bonds is 5. The first-order valence-electron chi connectivity index (χ1n) is 11.4. The Labute approximate surface area is 201 Å². The van der Waals surface area contributed by atoms with Gasteiger partial charge in [0.15, 0.2) is 0 Å². The highest BCUT2D eigenvalue weighted by Crippen LogP contribution is 2.29. The van der Waals surface area contributed by atoms with Crippen LogP contribution in [0.25, 0.3) is 16.8 Å². The van der Waals surface area contributed by atoms with Gasteiger partial charge in [-0.1, -0.05) is 6.08 Å². The lowest BCUT2D eigenvalue weighted by atomic mass is 10.0. The number of benzene rings is 1. The van der Waals surface area contributed by atoms with Crippen LogP contribution in [0.1, 0.15) is 28.9 Å². The van der Waals surface area contributed by atoms with Gasteiger partial charge in [0.1, 0.15) is 11.5 Å². The van der Waals surface area contributed by atoms with E-state index in [1.54, 1.807) is 17.0 Å². The van der Waals surface area contributed by atoms with Crippen molar-refractivity contribution < 1.29 is 14.1 Å². The molecule has 178 valence electrons. The van der Waals surface area contributed by atoms with Crippen molar-refractivity contribution in [1.82, 2.24) is 19.8 Å². The molecule has 0 saturated carbocycles. The standard InChI is InChI=1S/C26H24FN5O3/c1-30-10-8-18(9-11-30)23-12-19-15-31(16-20(19)14-28-23)26(33)13-24-25(32(34)35)7-6-22(29-24)17-2-4-21(27)5-3-17/h2-8,12,14H,9-11,13,15-16H2,1H3. The van der Waals surface area contributed by atoms with E-state index in [-0.39, 0.29) is 29.5 Å². The number of halogens is 1. The van der Waals surface area contributed by atoms with Crippen molar-refractivity contribution >= 4 is 17.2 Å². The van der Waals surface area contributed by atoms with Gasteiger partial charge < -0.3 is 9.80 Å². The predicted molar refractivity (Wildman–Crippen MR) is 129 cm³/mol. The normalized spacial score (nSPS) is 15.6. The van der Waals surface area contributed by atoms with Gasteiger partial charge >= 0.3 is 0 Å². The zero-order valence-electron chi connectivity index (χ0n) is 19.3. The molecule has 0 atom stereocenters.